The highest BCUT2D eigenvalue weighted by Gasteiger charge is 2.32. The van der Waals surface area contributed by atoms with Crippen LogP contribution in [0.25, 0.3) is 0 Å². The predicted molar refractivity (Wildman–Crippen MR) is 102 cm³/mol. The lowest BCUT2D eigenvalue weighted by atomic mass is 10.1. The molecule has 1 atom stereocenters. The van der Waals surface area contributed by atoms with E-state index in [0.717, 1.165) is 0 Å². The number of carbonyl (C=O) groups is 2. The normalized spacial score (nSPS) is 11.0. The number of nitrogens with zero attached hydrogens (tertiary/aromatic N) is 1. The Morgan fingerprint density at radius 1 is 1.00 bits per heavy atom. The zero-order valence-corrected chi connectivity index (χ0v) is 16.6. The van der Waals surface area contributed by atoms with Gasteiger partial charge in [-0.15, -0.1) is 0 Å². The van der Waals surface area contributed by atoms with Crippen molar-refractivity contribution < 1.29 is 33.3 Å². The van der Waals surface area contributed by atoms with E-state index in [9.17, 15) is 14.9 Å². The monoisotopic (exact) mass is 399 g/mol. The zero-order valence-electron chi connectivity index (χ0n) is 16.6. The minimum Gasteiger partial charge on any atom is -0.493 e. The summed E-state index contributed by atoms with van der Waals surface area (Å²) < 4.78 is 26.5. The smallest absolute Gasteiger partial charge is 0.379 e. The highest BCUT2D eigenvalue weighted by molar-refractivity contribution is 6.42. The average molecular weight is 399 g/mol. The number of ether oxygens (including phenoxy) is 5. The Morgan fingerprint density at radius 2 is 1.66 bits per heavy atom. The molecule has 8 heteroatoms. The fraction of sp³-hybridized carbons (Fsp3) is 0.286. The van der Waals surface area contributed by atoms with Gasteiger partial charge in [-0.05, 0) is 6.92 Å². The summed E-state index contributed by atoms with van der Waals surface area (Å²) in [5.41, 5.74) is 0.345. The molecule has 2 aromatic rings. The first kappa shape index (κ1) is 21.6. The fourth-order valence-electron chi connectivity index (χ4n) is 2.66. The first-order valence-corrected chi connectivity index (χ1v) is 8.67. The molecule has 8 nitrogen and oxygen atoms in total. The lowest BCUT2D eigenvalue weighted by molar-refractivity contribution is -0.137. The number of nitriles is 1. The molecule has 0 heterocycles. The first-order chi connectivity index (χ1) is 14.0. The summed E-state index contributed by atoms with van der Waals surface area (Å²) >= 11 is 0. The van der Waals surface area contributed by atoms with Crippen LogP contribution in [-0.2, 0) is 9.53 Å². The van der Waals surface area contributed by atoms with Crippen molar-refractivity contribution in [1.29, 1.82) is 5.26 Å². The van der Waals surface area contributed by atoms with E-state index in [1.807, 2.05) is 6.07 Å². The van der Waals surface area contributed by atoms with Gasteiger partial charge in [-0.2, -0.15) is 5.26 Å². The molecule has 29 heavy (non-hydrogen) atoms. The Labute approximate surface area is 168 Å². The molecule has 0 fully saturated rings. The summed E-state index contributed by atoms with van der Waals surface area (Å²) in [7, 11) is 4.07. The number of benzene rings is 2. The van der Waals surface area contributed by atoms with Crippen LogP contribution < -0.4 is 18.9 Å². The minimum absolute atomic E-state index is 0.0151. The topological polar surface area (TPSA) is 104 Å². The van der Waals surface area contributed by atoms with Gasteiger partial charge in [-0.1, -0.05) is 30.3 Å². The standard InChI is InChI=1S/C21H21NO7/c1-5-28-21(24)18(23)17-14(11-15(25-2)19(26-3)20(17)27-4)29-16(12-22)13-9-7-6-8-10-13/h6-11,16H,5H2,1-4H3. The third-order valence-corrected chi connectivity index (χ3v) is 3.95. The average Bonchev–Trinajstić information content (AvgIpc) is 2.76. The molecule has 0 saturated carbocycles. The second-order valence-electron chi connectivity index (χ2n) is 5.61. The van der Waals surface area contributed by atoms with E-state index in [4.69, 9.17) is 23.7 Å². The van der Waals surface area contributed by atoms with Crippen LogP contribution >= 0.6 is 0 Å². The van der Waals surface area contributed by atoms with Crippen molar-refractivity contribution in [1.82, 2.24) is 0 Å². The highest BCUT2D eigenvalue weighted by atomic mass is 16.5. The number of hydrogen-bond acceptors (Lipinski definition) is 8. The van der Waals surface area contributed by atoms with E-state index >= 15 is 0 Å². The number of rotatable bonds is 9. The molecule has 2 aromatic carbocycles. The Bertz CT molecular complexity index is 919. The van der Waals surface area contributed by atoms with Crippen LogP contribution in [0.2, 0.25) is 0 Å². The van der Waals surface area contributed by atoms with Crippen molar-refractivity contribution in [3.8, 4) is 29.1 Å². The molecular weight excluding hydrogens is 378 g/mol. The van der Waals surface area contributed by atoms with Gasteiger partial charge in [0, 0.05) is 11.6 Å². The maximum atomic E-state index is 12.8. The molecule has 0 spiro atoms. The molecule has 0 saturated heterocycles. The maximum Gasteiger partial charge on any atom is 0.379 e. The van der Waals surface area contributed by atoms with Gasteiger partial charge in [0.2, 0.25) is 11.9 Å². The van der Waals surface area contributed by atoms with E-state index in [1.165, 1.54) is 27.4 Å². The summed E-state index contributed by atoms with van der Waals surface area (Å²) in [5.74, 6) is -1.93. The van der Waals surface area contributed by atoms with Gasteiger partial charge in [-0.25, -0.2) is 4.79 Å². The minimum atomic E-state index is -1.09. The van der Waals surface area contributed by atoms with E-state index < -0.39 is 17.9 Å². The second kappa shape index (κ2) is 9.99. The fourth-order valence-corrected chi connectivity index (χ4v) is 2.66. The molecule has 2 rings (SSSR count). The maximum absolute atomic E-state index is 12.8. The molecule has 0 bridgehead atoms. The predicted octanol–water partition coefficient (Wildman–Crippen LogP) is 3.10. The molecular formula is C21H21NO7. The molecule has 0 aliphatic carbocycles. The van der Waals surface area contributed by atoms with Crippen LogP contribution in [0.15, 0.2) is 36.4 Å². The van der Waals surface area contributed by atoms with Crippen LogP contribution in [-0.4, -0.2) is 39.7 Å². The summed E-state index contributed by atoms with van der Waals surface area (Å²) in [5, 5.41) is 9.58. The van der Waals surface area contributed by atoms with E-state index in [-0.39, 0.29) is 35.2 Å². The molecule has 152 valence electrons. The van der Waals surface area contributed by atoms with Gasteiger partial charge in [0.25, 0.3) is 5.78 Å². The van der Waals surface area contributed by atoms with Crippen molar-refractivity contribution in [2.75, 3.05) is 27.9 Å². The van der Waals surface area contributed by atoms with Crippen LogP contribution in [0.5, 0.6) is 23.0 Å². The lowest BCUT2D eigenvalue weighted by Crippen LogP contribution is -2.20. The third kappa shape index (κ3) is 4.58. The van der Waals surface area contributed by atoms with Crippen molar-refractivity contribution in [3.63, 3.8) is 0 Å². The van der Waals surface area contributed by atoms with Gasteiger partial charge in [0.05, 0.1) is 27.9 Å². The molecule has 0 radical (unpaired) electrons. The van der Waals surface area contributed by atoms with Crippen molar-refractivity contribution in [2.45, 2.75) is 13.0 Å². The first-order valence-electron chi connectivity index (χ1n) is 8.67. The number of ketones is 1. The van der Waals surface area contributed by atoms with E-state index in [1.54, 1.807) is 37.3 Å². The molecule has 0 aromatic heterocycles. The van der Waals surface area contributed by atoms with Gasteiger partial charge in [0.1, 0.15) is 17.4 Å². The highest BCUT2D eigenvalue weighted by Crippen LogP contribution is 2.46. The van der Waals surface area contributed by atoms with Crippen LogP contribution in [0.1, 0.15) is 28.9 Å². The molecule has 0 aliphatic rings. The van der Waals surface area contributed by atoms with Crippen molar-refractivity contribution in [2.24, 2.45) is 0 Å². The molecule has 0 aliphatic heterocycles. The summed E-state index contributed by atoms with van der Waals surface area (Å²) in [6.07, 6.45) is -1.05. The SMILES string of the molecule is CCOC(=O)C(=O)c1c(OC(C#N)c2ccccc2)cc(OC)c(OC)c1OC. The van der Waals surface area contributed by atoms with Gasteiger partial charge in [0.15, 0.2) is 11.5 Å². The number of hydrogen-bond donors (Lipinski definition) is 0. The molecule has 0 amide bonds. The number of carbonyl (C=O) groups excluding carboxylic acids is 2. The van der Waals surface area contributed by atoms with Crippen molar-refractivity contribution >= 4 is 11.8 Å². The quantitative estimate of drug-likeness (QED) is 0.360. The Morgan fingerprint density at radius 3 is 2.17 bits per heavy atom. The number of Topliss-reactive ketones (excluding diaryl/α,β-unsaturated/α-hetero) is 1. The summed E-state index contributed by atoms with van der Waals surface area (Å²) in [4.78, 5) is 24.9. The van der Waals surface area contributed by atoms with Crippen LogP contribution in [0.3, 0.4) is 0 Å². The molecule has 1 unspecified atom stereocenters. The van der Waals surface area contributed by atoms with Crippen LogP contribution in [0.4, 0.5) is 0 Å². The van der Waals surface area contributed by atoms with Gasteiger partial charge < -0.3 is 23.7 Å². The third-order valence-electron chi connectivity index (χ3n) is 3.95. The second-order valence-corrected chi connectivity index (χ2v) is 5.61. The van der Waals surface area contributed by atoms with E-state index in [2.05, 4.69) is 0 Å². The number of esters is 1. The van der Waals surface area contributed by atoms with Crippen molar-refractivity contribution in [3.05, 3.63) is 47.5 Å². The van der Waals surface area contributed by atoms with E-state index in [0.29, 0.717) is 5.56 Å². The zero-order chi connectivity index (χ0) is 21.4. The summed E-state index contributed by atoms with van der Waals surface area (Å²) in [6.45, 7) is 1.59. The Balaban J connectivity index is 2.66. The Kier molecular flexibility index (Phi) is 7.43. The number of methoxy groups -OCH3 is 3. The lowest BCUT2D eigenvalue weighted by Gasteiger charge is -2.20. The molecule has 0 N–H and O–H groups in total. The van der Waals surface area contributed by atoms with Gasteiger partial charge >= 0.3 is 5.97 Å². The Hall–Kier alpha value is -3.73. The summed E-state index contributed by atoms with van der Waals surface area (Å²) in [6, 6.07) is 12.1. The largest absolute Gasteiger partial charge is 0.493 e. The van der Waals surface area contributed by atoms with Gasteiger partial charge in [-0.3, -0.25) is 4.79 Å². The van der Waals surface area contributed by atoms with Crippen LogP contribution in [0, 0.1) is 11.3 Å².